The summed E-state index contributed by atoms with van der Waals surface area (Å²) >= 11 is 7.52. The van der Waals surface area contributed by atoms with E-state index in [1.165, 1.54) is 4.88 Å². The van der Waals surface area contributed by atoms with Gasteiger partial charge in [-0.3, -0.25) is 0 Å². The van der Waals surface area contributed by atoms with Gasteiger partial charge in [0, 0.05) is 17.0 Å². The molecule has 0 amide bonds. The van der Waals surface area contributed by atoms with Gasteiger partial charge < -0.3 is 5.32 Å². The lowest BCUT2D eigenvalue weighted by Gasteiger charge is -2.28. The molecule has 0 aliphatic heterocycles. The fourth-order valence-corrected chi connectivity index (χ4v) is 2.27. The first kappa shape index (κ1) is 12.0. The van der Waals surface area contributed by atoms with Crippen LogP contribution < -0.4 is 5.32 Å². The molecule has 0 radical (unpaired) electrons. The Morgan fingerprint density at radius 2 is 2.00 bits per heavy atom. The Hall–Kier alpha value is -0.0500. The lowest BCUT2D eigenvalue weighted by molar-refractivity contribution is 0.330. The second-order valence-corrected chi connectivity index (χ2v) is 5.63. The number of rotatable bonds is 5. The number of nitrogens with one attached hydrogen (secondary N) is 1. The highest BCUT2D eigenvalue weighted by atomic mass is 35.5. The van der Waals surface area contributed by atoms with Crippen molar-refractivity contribution in [1.82, 2.24) is 5.32 Å². The van der Waals surface area contributed by atoms with Gasteiger partial charge in [-0.1, -0.05) is 25.4 Å². The molecule has 0 spiro atoms. The summed E-state index contributed by atoms with van der Waals surface area (Å²) in [5, 5.41) is 3.58. The van der Waals surface area contributed by atoms with E-state index in [-0.39, 0.29) is 5.54 Å². The monoisotopic (exact) mass is 231 g/mol. The number of hydrogen-bond acceptors (Lipinski definition) is 2. The van der Waals surface area contributed by atoms with Crippen LogP contribution in [0.25, 0.3) is 0 Å². The van der Waals surface area contributed by atoms with Crippen molar-refractivity contribution in [2.75, 3.05) is 0 Å². The van der Waals surface area contributed by atoms with Crippen molar-refractivity contribution >= 4 is 22.9 Å². The van der Waals surface area contributed by atoms with Gasteiger partial charge in [-0.05, 0) is 31.9 Å². The fraction of sp³-hybridized carbons (Fsp3) is 0.636. The summed E-state index contributed by atoms with van der Waals surface area (Å²) in [6.07, 6.45) is 2.31. The largest absolute Gasteiger partial charge is 0.307 e. The summed E-state index contributed by atoms with van der Waals surface area (Å²) in [4.78, 5) is 1.31. The summed E-state index contributed by atoms with van der Waals surface area (Å²) in [5.74, 6) is 0. The maximum Gasteiger partial charge on any atom is 0.0931 e. The second kappa shape index (κ2) is 5.15. The molecule has 0 fully saturated rings. The molecule has 14 heavy (non-hydrogen) atoms. The first-order valence-corrected chi connectivity index (χ1v) is 6.28. The number of hydrogen-bond donors (Lipinski definition) is 1. The molecular weight excluding hydrogens is 214 g/mol. The van der Waals surface area contributed by atoms with Gasteiger partial charge in [-0.2, -0.15) is 0 Å². The molecule has 80 valence electrons. The molecule has 0 saturated heterocycles. The summed E-state index contributed by atoms with van der Waals surface area (Å²) in [5.41, 5.74) is 0.260. The van der Waals surface area contributed by atoms with Gasteiger partial charge in [0.15, 0.2) is 0 Å². The highest BCUT2D eigenvalue weighted by Crippen LogP contribution is 2.22. The Morgan fingerprint density at radius 1 is 1.36 bits per heavy atom. The van der Waals surface area contributed by atoms with Gasteiger partial charge in [-0.25, -0.2) is 0 Å². The molecule has 0 aliphatic rings. The minimum Gasteiger partial charge on any atom is -0.307 e. The van der Waals surface area contributed by atoms with Gasteiger partial charge in [0.2, 0.25) is 0 Å². The first-order chi connectivity index (χ1) is 6.59. The van der Waals surface area contributed by atoms with Crippen molar-refractivity contribution in [3.05, 3.63) is 21.3 Å². The van der Waals surface area contributed by atoms with E-state index < -0.39 is 0 Å². The zero-order valence-electron chi connectivity index (χ0n) is 9.06. The first-order valence-electron chi connectivity index (χ1n) is 5.09. The quantitative estimate of drug-likeness (QED) is 0.806. The number of halogens is 1. The normalized spacial score (nSPS) is 12.0. The Bertz CT molecular complexity index is 279. The van der Waals surface area contributed by atoms with Crippen LogP contribution in [0.15, 0.2) is 12.1 Å². The average Bonchev–Trinajstić information content (AvgIpc) is 2.61. The molecule has 1 aromatic rings. The molecule has 0 bridgehead atoms. The molecule has 0 atom stereocenters. The molecule has 1 N–H and O–H groups in total. The van der Waals surface area contributed by atoms with Gasteiger partial charge in [0.25, 0.3) is 0 Å². The van der Waals surface area contributed by atoms with Crippen LogP contribution in [-0.4, -0.2) is 5.54 Å². The Balaban J connectivity index is 2.47. The van der Waals surface area contributed by atoms with Crippen molar-refractivity contribution in [2.45, 2.75) is 45.7 Å². The van der Waals surface area contributed by atoms with Crippen LogP contribution in [0.4, 0.5) is 0 Å². The maximum absolute atomic E-state index is 5.87. The third kappa shape index (κ3) is 3.26. The van der Waals surface area contributed by atoms with E-state index in [4.69, 9.17) is 11.6 Å². The van der Waals surface area contributed by atoms with Crippen LogP contribution in [-0.2, 0) is 6.54 Å². The van der Waals surface area contributed by atoms with Crippen LogP contribution in [0, 0.1) is 0 Å². The third-order valence-electron chi connectivity index (χ3n) is 2.88. The highest BCUT2D eigenvalue weighted by Gasteiger charge is 2.18. The summed E-state index contributed by atoms with van der Waals surface area (Å²) < 4.78 is 0.872. The van der Waals surface area contributed by atoms with E-state index in [1.807, 2.05) is 6.07 Å². The molecular formula is C11H18ClNS. The SMILES string of the molecule is CCC(C)(CC)NCc1ccc(Cl)s1. The minimum atomic E-state index is 0.260. The van der Waals surface area contributed by atoms with Gasteiger partial charge in [0.05, 0.1) is 4.34 Å². The van der Waals surface area contributed by atoms with Gasteiger partial charge in [-0.15, -0.1) is 11.3 Å². The fourth-order valence-electron chi connectivity index (χ4n) is 1.25. The van der Waals surface area contributed by atoms with Crippen molar-refractivity contribution in [2.24, 2.45) is 0 Å². The van der Waals surface area contributed by atoms with E-state index in [0.717, 1.165) is 23.7 Å². The van der Waals surface area contributed by atoms with Crippen molar-refractivity contribution in [3.8, 4) is 0 Å². The summed E-state index contributed by atoms with van der Waals surface area (Å²) in [7, 11) is 0. The Kier molecular flexibility index (Phi) is 4.42. The zero-order chi connectivity index (χ0) is 10.6. The van der Waals surface area contributed by atoms with Crippen LogP contribution in [0.2, 0.25) is 4.34 Å². The minimum absolute atomic E-state index is 0.260. The summed E-state index contributed by atoms with van der Waals surface area (Å²) in [6, 6.07) is 4.05. The lowest BCUT2D eigenvalue weighted by Crippen LogP contribution is -2.40. The van der Waals surface area contributed by atoms with E-state index >= 15 is 0 Å². The molecule has 1 heterocycles. The van der Waals surface area contributed by atoms with Crippen LogP contribution in [0.1, 0.15) is 38.5 Å². The van der Waals surface area contributed by atoms with E-state index in [1.54, 1.807) is 11.3 Å². The smallest absolute Gasteiger partial charge is 0.0931 e. The Morgan fingerprint density at radius 3 is 2.43 bits per heavy atom. The van der Waals surface area contributed by atoms with Crippen LogP contribution in [0.5, 0.6) is 0 Å². The van der Waals surface area contributed by atoms with E-state index in [0.29, 0.717) is 0 Å². The predicted molar refractivity (Wildman–Crippen MR) is 65.2 cm³/mol. The van der Waals surface area contributed by atoms with Gasteiger partial charge in [0.1, 0.15) is 0 Å². The third-order valence-corrected chi connectivity index (χ3v) is 4.11. The molecule has 0 aromatic carbocycles. The summed E-state index contributed by atoms with van der Waals surface area (Å²) in [6.45, 7) is 7.63. The highest BCUT2D eigenvalue weighted by molar-refractivity contribution is 7.16. The van der Waals surface area contributed by atoms with Crippen molar-refractivity contribution < 1.29 is 0 Å². The van der Waals surface area contributed by atoms with E-state index in [9.17, 15) is 0 Å². The molecule has 1 rings (SSSR count). The molecule has 1 aromatic heterocycles. The van der Waals surface area contributed by atoms with Crippen LogP contribution >= 0.6 is 22.9 Å². The molecule has 0 aliphatic carbocycles. The number of thiophene rings is 1. The molecule has 0 saturated carbocycles. The predicted octanol–water partition coefficient (Wildman–Crippen LogP) is 4.07. The Labute approximate surface area is 95.5 Å². The lowest BCUT2D eigenvalue weighted by atomic mass is 9.96. The maximum atomic E-state index is 5.87. The van der Waals surface area contributed by atoms with Crippen molar-refractivity contribution in [3.63, 3.8) is 0 Å². The topological polar surface area (TPSA) is 12.0 Å². The second-order valence-electron chi connectivity index (χ2n) is 3.83. The van der Waals surface area contributed by atoms with E-state index in [2.05, 4.69) is 32.2 Å². The average molecular weight is 232 g/mol. The van der Waals surface area contributed by atoms with Gasteiger partial charge >= 0.3 is 0 Å². The van der Waals surface area contributed by atoms with Crippen molar-refractivity contribution in [1.29, 1.82) is 0 Å². The zero-order valence-corrected chi connectivity index (χ0v) is 10.6. The molecule has 1 nitrogen and oxygen atoms in total. The standard InChI is InChI=1S/C11H18ClNS/c1-4-11(3,5-2)13-8-9-6-7-10(12)14-9/h6-7,13H,4-5,8H2,1-3H3. The van der Waals surface area contributed by atoms with Crippen LogP contribution in [0.3, 0.4) is 0 Å². The molecule has 3 heteroatoms. The molecule has 0 unspecified atom stereocenters.